The summed E-state index contributed by atoms with van der Waals surface area (Å²) in [6, 6.07) is 12.3. The van der Waals surface area contributed by atoms with E-state index < -0.39 is 16.7 Å². The van der Waals surface area contributed by atoms with Gasteiger partial charge in [-0.3, -0.25) is 30.6 Å². The highest BCUT2D eigenvalue weighted by atomic mass is 16.6. The van der Waals surface area contributed by atoms with Gasteiger partial charge in [-0.15, -0.1) is 0 Å². The average Bonchev–Trinajstić information content (AvgIpc) is 2.70. The summed E-state index contributed by atoms with van der Waals surface area (Å²) in [7, 11) is 1.99. The summed E-state index contributed by atoms with van der Waals surface area (Å²) in [4.78, 5) is 36.5. The lowest BCUT2D eigenvalue weighted by Gasteiger charge is -2.19. The van der Waals surface area contributed by atoms with Gasteiger partial charge in [0.1, 0.15) is 0 Å². The molecule has 0 aliphatic carbocycles. The third-order valence-corrected chi connectivity index (χ3v) is 4.03. The van der Waals surface area contributed by atoms with Crippen molar-refractivity contribution in [1.82, 2.24) is 10.9 Å². The number of non-ortho nitro benzene ring substituents is 1. The van der Waals surface area contributed by atoms with Crippen molar-refractivity contribution in [2.24, 2.45) is 0 Å². The molecule has 0 aliphatic rings. The zero-order valence-corrected chi connectivity index (χ0v) is 15.3. The molecule has 0 aliphatic heterocycles. The van der Waals surface area contributed by atoms with Gasteiger partial charge in [-0.2, -0.15) is 0 Å². The third-order valence-electron chi connectivity index (χ3n) is 4.03. The first-order valence-electron chi connectivity index (χ1n) is 8.58. The third kappa shape index (κ3) is 5.53. The fourth-order valence-electron chi connectivity index (χ4n) is 2.41. The maximum atomic E-state index is 12.2. The van der Waals surface area contributed by atoms with E-state index in [4.69, 9.17) is 0 Å². The second-order valence-corrected chi connectivity index (χ2v) is 6.04. The van der Waals surface area contributed by atoms with Crippen molar-refractivity contribution in [2.45, 2.75) is 19.8 Å². The van der Waals surface area contributed by atoms with Crippen molar-refractivity contribution < 1.29 is 14.5 Å². The molecule has 2 rings (SSSR count). The molecule has 27 heavy (non-hydrogen) atoms. The Morgan fingerprint density at radius 1 is 1.04 bits per heavy atom. The number of benzene rings is 2. The Morgan fingerprint density at radius 3 is 2.26 bits per heavy atom. The number of nitro groups is 1. The Kier molecular flexibility index (Phi) is 6.87. The lowest BCUT2D eigenvalue weighted by molar-refractivity contribution is -0.384. The van der Waals surface area contributed by atoms with Gasteiger partial charge in [-0.25, -0.2) is 0 Å². The lowest BCUT2D eigenvalue weighted by Crippen LogP contribution is -2.41. The van der Waals surface area contributed by atoms with Crippen LogP contribution in [0.5, 0.6) is 0 Å². The van der Waals surface area contributed by atoms with E-state index >= 15 is 0 Å². The van der Waals surface area contributed by atoms with Crippen LogP contribution in [0, 0.1) is 10.1 Å². The van der Waals surface area contributed by atoms with Gasteiger partial charge in [0.2, 0.25) is 0 Å². The van der Waals surface area contributed by atoms with Crippen molar-refractivity contribution in [3.63, 3.8) is 0 Å². The van der Waals surface area contributed by atoms with Crippen LogP contribution in [0.4, 0.5) is 11.4 Å². The van der Waals surface area contributed by atoms with Crippen LogP contribution in [0.3, 0.4) is 0 Å². The summed E-state index contributed by atoms with van der Waals surface area (Å²) in [5.41, 5.74) is 5.84. The molecule has 0 saturated carbocycles. The highest BCUT2D eigenvalue weighted by molar-refractivity contribution is 5.99. The number of hydrogen-bond acceptors (Lipinski definition) is 5. The highest BCUT2D eigenvalue weighted by Crippen LogP contribution is 2.15. The largest absolute Gasteiger partial charge is 0.375 e. The molecule has 0 fully saturated rings. The summed E-state index contributed by atoms with van der Waals surface area (Å²) < 4.78 is 0. The van der Waals surface area contributed by atoms with E-state index in [0.717, 1.165) is 31.1 Å². The van der Waals surface area contributed by atoms with E-state index in [1.807, 2.05) is 19.2 Å². The first-order chi connectivity index (χ1) is 12.9. The van der Waals surface area contributed by atoms with Crippen LogP contribution in [0.15, 0.2) is 48.5 Å². The van der Waals surface area contributed by atoms with Crippen LogP contribution in [-0.4, -0.2) is 30.3 Å². The van der Waals surface area contributed by atoms with E-state index in [-0.39, 0.29) is 11.3 Å². The summed E-state index contributed by atoms with van der Waals surface area (Å²) in [6.45, 7) is 3.06. The Balaban J connectivity index is 1.94. The zero-order valence-electron chi connectivity index (χ0n) is 15.3. The second kappa shape index (κ2) is 9.33. The van der Waals surface area contributed by atoms with Crippen LogP contribution in [0.2, 0.25) is 0 Å². The first-order valence-corrected chi connectivity index (χ1v) is 8.58. The van der Waals surface area contributed by atoms with Crippen molar-refractivity contribution in [3.05, 3.63) is 69.8 Å². The molecule has 2 aromatic rings. The maximum Gasteiger partial charge on any atom is 0.270 e. The van der Waals surface area contributed by atoms with Crippen molar-refractivity contribution in [3.8, 4) is 0 Å². The minimum Gasteiger partial charge on any atom is -0.375 e. The molecule has 8 heteroatoms. The molecule has 0 atom stereocenters. The van der Waals surface area contributed by atoms with Crippen molar-refractivity contribution in [2.75, 3.05) is 18.5 Å². The van der Waals surface area contributed by atoms with E-state index in [1.165, 1.54) is 18.2 Å². The topological polar surface area (TPSA) is 105 Å². The van der Waals surface area contributed by atoms with Crippen molar-refractivity contribution in [1.29, 1.82) is 0 Å². The van der Waals surface area contributed by atoms with Crippen LogP contribution in [-0.2, 0) is 0 Å². The normalized spacial score (nSPS) is 10.1. The minimum atomic E-state index is -0.636. The molecule has 8 nitrogen and oxygen atoms in total. The number of nitrogens with one attached hydrogen (secondary N) is 2. The molecule has 0 radical (unpaired) electrons. The monoisotopic (exact) mass is 370 g/mol. The Morgan fingerprint density at radius 2 is 1.67 bits per heavy atom. The van der Waals surface area contributed by atoms with E-state index in [0.29, 0.717) is 5.56 Å². The smallest absolute Gasteiger partial charge is 0.270 e. The van der Waals surface area contributed by atoms with Gasteiger partial charge in [0, 0.05) is 42.5 Å². The van der Waals surface area contributed by atoms with Gasteiger partial charge >= 0.3 is 0 Å². The maximum absolute atomic E-state index is 12.2. The molecule has 0 aromatic heterocycles. The number of unbranched alkanes of at least 4 members (excludes halogenated alkanes) is 1. The molecule has 2 N–H and O–H groups in total. The molecular formula is C19H22N4O4. The molecule has 0 heterocycles. The molecule has 0 saturated heterocycles. The second-order valence-electron chi connectivity index (χ2n) is 6.04. The number of amides is 2. The van der Waals surface area contributed by atoms with Gasteiger partial charge in [0.25, 0.3) is 17.5 Å². The molecule has 142 valence electrons. The van der Waals surface area contributed by atoms with Gasteiger partial charge in [-0.05, 0) is 36.8 Å². The number of hydrazine groups is 1. The van der Waals surface area contributed by atoms with Crippen molar-refractivity contribution >= 4 is 23.2 Å². The SMILES string of the molecule is CCCCN(C)c1ccc(C(=O)NNC(=O)c2cccc([N+](=O)[O-])c2)cc1. The van der Waals surface area contributed by atoms with Gasteiger partial charge < -0.3 is 4.90 Å². The fraction of sp³-hybridized carbons (Fsp3) is 0.263. The van der Waals surface area contributed by atoms with Gasteiger partial charge in [0.05, 0.1) is 4.92 Å². The van der Waals surface area contributed by atoms with Crippen LogP contribution in [0.25, 0.3) is 0 Å². The number of nitro benzene ring substituents is 1. The number of anilines is 1. The standard InChI is InChI=1S/C19H22N4O4/c1-3-4-12-22(2)16-10-8-14(9-11-16)18(24)20-21-19(25)15-6-5-7-17(13-15)23(26)27/h5-11,13H,3-4,12H2,1-2H3,(H,20,24)(H,21,25). The van der Waals surface area contributed by atoms with Gasteiger partial charge in [0.15, 0.2) is 0 Å². The average molecular weight is 370 g/mol. The predicted octanol–water partition coefficient (Wildman–Crippen LogP) is 2.91. The Hall–Kier alpha value is -3.42. The van der Waals surface area contributed by atoms with E-state index in [2.05, 4.69) is 22.7 Å². The number of carbonyl (C=O) groups is 2. The molecule has 2 amide bonds. The number of nitrogens with zero attached hydrogens (tertiary/aromatic N) is 2. The fourth-order valence-corrected chi connectivity index (χ4v) is 2.41. The summed E-state index contributed by atoms with van der Waals surface area (Å²) in [6.07, 6.45) is 2.19. The number of rotatable bonds is 7. The van der Waals surface area contributed by atoms with Crippen LogP contribution >= 0.6 is 0 Å². The van der Waals surface area contributed by atoms with Crippen LogP contribution < -0.4 is 15.8 Å². The predicted molar refractivity (Wildman–Crippen MR) is 103 cm³/mol. The first kappa shape index (κ1) is 19.9. The molecular weight excluding hydrogens is 348 g/mol. The highest BCUT2D eigenvalue weighted by Gasteiger charge is 2.13. The molecule has 0 bridgehead atoms. The molecule has 0 spiro atoms. The lowest BCUT2D eigenvalue weighted by atomic mass is 10.2. The van der Waals surface area contributed by atoms with E-state index in [1.54, 1.807) is 12.1 Å². The van der Waals surface area contributed by atoms with Crippen LogP contribution in [0.1, 0.15) is 40.5 Å². The summed E-state index contributed by atoms with van der Waals surface area (Å²) >= 11 is 0. The summed E-state index contributed by atoms with van der Waals surface area (Å²) in [5.74, 6) is -1.11. The number of carbonyl (C=O) groups excluding carboxylic acids is 2. The van der Waals surface area contributed by atoms with E-state index in [9.17, 15) is 19.7 Å². The molecule has 0 unspecified atom stereocenters. The minimum absolute atomic E-state index is 0.0809. The zero-order chi connectivity index (χ0) is 19.8. The Labute approximate surface area is 157 Å². The Bertz CT molecular complexity index is 821. The molecule has 2 aromatic carbocycles. The quantitative estimate of drug-likeness (QED) is 0.576. The summed E-state index contributed by atoms with van der Waals surface area (Å²) in [5, 5.41) is 10.8. The number of hydrogen-bond donors (Lipinski definition) is 2. The van der Waals surface area contributed by atoms with Gasteiger partial charge in [-0.1, -0.05) is 19.4 Å².